The predicted molar refractivity (Wildman–Crippen MR) is 127 cm³/mol. The lowest BCUT2D eigenvalue weighted by molar-refractivity contribution is -0.137. The van der Waals surface area contributed by atoms with E-state index in [1.807, 2.05) is 43.3 Å². The van der Waals surface area contributed by atoms with Crippen molar-refractivity contribution in [2.45, 2.75) is 50.5 Å². The van der Waals surface area contributed by atoms with E-state index in [4.69, 9.17) is 16.6 Å². The van der Waals surface area contributed by atoms with Gasteiger partial charge < -0.3 is 15.5 Å². The highest BCUT2D eigenvalue weighted by molar-refractivity contribution is 6.31. The Morgan fingerprint density at radius 2 is 1.70 bits per heavy atom. The van der Waals surface area contributed by atoms with Crippen molar-refractivity contribution in [2.24, 2.45) is 0 Å². The third kappa shape index (κ3) is 5.68. The van der Waals surface area contributed by atoms with Crippen LogP contribution in [0.1, 0.15) is 36.8 Å². The second-order valence-corrected chi connectivity index (χ2v) is 9.07. The number of nitrogens with zero attached hydrogens (tertiary/aromatic N) is 3. The zero-order chi connectivity index (χ0) is 23.6. The Morgan fingerprint density at radius 3 is 2.39 bits per heavy atom. The van der Waals surface area contributed by atoms with Gasteiger partial charge in [-0.15, -0.1) is 0 Å². The van der Waals surface area contributed by atoms with Gasteiger partial charge in [0.15, 0.2) is 0 Å². The average Bonchev–Trinajstić information content (AvgIpc) is 2.78. The van der Waals surface area contributed by atoms with E-state index in [1.54, 1.807) is 0 Å². The average molecular weight is 478 g/mol. The third-order valence-electron chi connectivity index (χ3n) is 6.02. The van der Waals surface area contributed by atoms with Crippen molar-refractivity contribution < 1.29 is 13.2 Å². The minimum atomic E-state index is -4.37. The van der Waals surface area contributed by atoms with E-state index in [2.05, 4.69) is 15.6 Å². The summed E-state index contributed by atoms with van der Waals surface area (Å²) in [6.45, 7) is 0.311. The van der Waals surface area contributed by atoms with Gasteiger partial charge in [0.1, 0.15) is 5.82 Å². The second-order valence-electron chi connectivity index (χ2n) is 8.66. The molecule has 1 heterocycles. The van der Waals surface area contributed by atoms with Crippen molar-refractivity contribution in [1.29, 1.82) is 0 Å². The number of para-hydroxylation sites is 1. The Kier molecular flexibility index (Phi) is 6.95. The van der Waals surface area contributed by atoms with Gasteiger partial charge in [-0.3, -0.25) is 0 Å². The van der Waals surface area contributed by atoms with Gasteiger partial charge in [-0.1, -0.05) is 23.7 Å². The van der Waals surface area contributed by atoms with Crippen LogP contribution in [0.15, 0.2) is 42.5 Å². The fraction of sp³-hybridized carbons (Fsp3) is 0.417. The molecule has 0 atom stereocenters. The molecule has 0 aliphatic heterocycles. The number of aromatic nitrogens is 2. The number of hydrogen-bond acceptors (Lipinski definition) is 5. The first kappa shape index (κ1) is 23.6. The smallest absolute Gasteiger partial charge is 0.362 e. The Balaban J connectivity index is 1.35. The molecule has 2 aromatic carbocycles. The van der Waals surface area contributed by atoms with Gasteiger partial charge in [-0.05, 0) is 61.6 Å². The lowest BCUT2D eigenvalue weighted by Gasteiger charge is -2.30. The van der Waals surface area contributed by atoms with Crippen molar-refractivity contribution >= 4 is 34.3 Å². The van der Waals surface area contributed by atoms with Crippen LogP contribution in [-0.4, -0.2) is 36.1 Å². The standard InChI is InChI=1S/C24H27ClF3N5/c1-33(2)22-19-5-3-4-6-21(19)31-23(32-22)30-18-10-8-17(9-11-18)29-14-15-13-16(24(26,27)28)7-12-20(15)25/h3-7,12-13,17-18,29H,8-11,14H2,1-2H3,(H,30,31,32)/t17-,18+. The number of rotatable bonds is 6. The normalized spacial score (nSPS) is 19.0. The van der Waals surface area contributed by atoms with Gasteiger partial charge in [0.25, 0.3) is 0 Å². The summed E-state index contributed by atoms with van der Waals surface area (Å²) in [4.78, 5) is 11.4. The highest BCUT2D eigenvalue weighted by atomic mass is 35.5. The van der Waals surface area contributed by atoms with E-state index >= 15 is 0 Å². The van der Waals surface area contributed by atoms with Crippen molar-refractivity contribution in [3.8, 4) is 0 Å². The van der Waals surface area contributed by atoms with Crippen molar-refractivity contribution in [2.75, 3.05) is 24.3 Å². The van der Waals surface area contributed by atoms with Crippen molar-refractivity contribution in [1.82, 2.24) is 15.3 Å². The Labute approximate surface area is 196 Å². The maximum Gasteiger partial charge on any atom is 0.416 e. The van der Waals surface area contributed by atoms with Crippen LogP contribution >= 0.6 is 11.6 Å². The summed E-state index contributed by atoms with van der Waals surface area (Å²) in [5.41, 5.74) is 0.684. The van der Waals surface area contributed by atoms with Crippen LogP contribution in [-0.2, 0) is 12.7 Å². The minimum Gasteiger partial charge on any atom is -0.362 e. The van der Waals surface area contributed by atoms with Gasteiger partial charge >= 0.3 is 6.18 Å². The largest absolute Gasteiger partial charge is 0.416 e. The van der Waals surface area contributed by atoms with Gasteiger partial charge in [-0.25, -0.2) is 4.98 Å². The molecule has 1 fully saturated rings. The van der Waals surface area contributed by atoms with E-state index in [1.165, 1.54) is 6.07 Å². The van der Waals surface area contributed by atoms with Gasteiger partial charge in [0, 0.05) is 43.1 Å². The van der Waals surface area contributed by atoms with Crippen LogP contribution in [0.25, 0.3) is 10.9 Å². The lowest BCUT2D eigenvalue weighted by atomic mass is 9.91. The summed E-state index contributed by atoms with van der Waals surface area (Å²) in [6, 6.07) is 11.9. The van der Waals surface area contributed by atoms with Crippen LogP contribution in [0.4, 0.5) is 24.9 Å². The molecule has 9 heteroatoms. The zero-order valence-corrected chi connectivity index (χ0v) is 19.3. The first-order valence-electron chi connectivity index (χ1n) is 11.0. The Morgan fingerprint density at radius 1 is 1.00 bits per heavy atom. The molecule has 0 radical (unpaired) electrons. The molecule has 5 nitrogen and oxygen atoms in total. The summed E-state index contributed by atoms with van der Waals surface area (Å²) >= 11 is 6.12. The predicted octanol–water partition coefficient (Wildman–Crippen LogP) is 5.88. The van der Waals surface area contributed by atoms with Crippen LogP contribution in [0.2, 0.25) is 5.02 Å². The van der Waals surface area contributed by atoms with Gasteiger partial charge in [0.2, 0.25) is 5.95 Å². The topological polar surface area (TPSA) is 53.1 Å². The van der Waals surface area contributed by atoms with Crippen LogP contribution < -0.4 is 15.5 Å². The molecule has 2 N–H and O–H groups in total. The fourth-order valence-electron chi connectivity index (χ4n) is 4.23. The molecule has 0 unspecified atom stereocenters. The molecule has 176 valence electrons. The molecular weight excluding hydrogens is 451 g/mol. The molecule has 0 saturated heterocycles. The molecule has 33 heavy (non-hydrogen) atoms. The Hall–Kier alpha value is -2.58. The number of fused-ring (bicyclic) bond motifs is 1. The summed E-state index contributed by atoms with van der Waals surface area (Å²) in [5, 5.41) is 8.20. The molecule has 1 aromatic heterocycles. The highest BCUT2D eigenvalue weighted by Crippen LogP contribution is 2.32. The minimum absolute atomic E-state index is 0.225. The molecule has 0 amide bonds. The lowest BCUT2D eigenvalue weighted by Crippen LogP contribution is -2.37. The second kappa shape index (κ2) is 9.73. The van der Waals surface area contributed by atoms with Crippen LogP contribution in [0.3, 0.4) is 0 Å². The summed E-state index contributed by atoms with van der Waals surface area (Å²) in [5.74, 6) is 1.49. The van der Waals surface area contributed by atoms with Gasteiger partial charge in [0.05, 0.1) is 11.1 Å². The first-order valence-corrected chi connectivity index (χ1v) is 11.4. The number of nitrogens with one attached hydrogen (secondary N) is 2. The van der Waals surface area contributed by atoms with Crippen molar-refractivity contribution in [3.63, 3.8) is 0 Å². The Bertz CT molecular complexity index is 1110. The number of hydrogen-bond donors (Lipinski definition) is 2. The van der Waals surface area contributed by atoms with Crippen molar-refractivity contribution in [3.05, 3.63) is 58.6 Å². The number of anilines is 2. The van der Waals surface area contributed by atoms with Gasteiger partial charge in [-0.2, -0.15) is 18.2 Å². The van der Waals surface area contributed by atoms with E-state index in [0.717, 1.165) is 54.5 Å². The molecule has 4 rings (SSSR count). The molecule has 3 aromatic rings. The summed E-state index contributed by atoms with van der Waals surface area (Å²) in [7, 11) is 3.93. The fourth-order valence-corrected chi connectivity index (χ4v) is 4.41. The van der Waals surface area contributed by atoms with Crippen LogP contribution in [0, 0.1) is 0 Å². The molecule has 1 saturated carbocycles. The first-order chi connectivity index (χ1) is 15.7. The quantitative estimate of drug-likeness (QED) is 0.464. The molecule has 0 spiro atoms. The molecule has 1 aliphatic rings. The molecular formula is C24H27ClF3N5. The molecule has 1 aliphatic carbocycles. The van der Waals surface area contributed by atoms with E-state index in [9.17, 15) is 13.2 Å². The third-order valence-corrected chi connectivity index (χ3v) is 6.39. The maximum atomic E-state index is 13.0. The SMILES string of the molecule is CN(C)c1nc(N[C@H]2CC[C@@H](NCc3cc(C(F)(F)F)ccc3Cl)CC2)nc2ccccc12. The monoisotopic (exact) mass is 477 g/mol. The highest BCUT2D eigenvalue weighted by Gasteiger charge is 2.31. The van der Waals surface area contributed by atoms with E-state index in [-0.39, 0.29) is 12.1 Å². The van der Waals surface area contributed by atoms with E-state index in [0.29, 0.717) is 23.1 Å². The summed E-state index contributed by atoms with van der Waals surface area (Å²) < 4.78 is 39.0. The number of halogens is 4. The number of benzene rings is 2. The maximum absolute atomic E-state index is 13.0. The summed E-state index contributed by atoms with van der Waals surface area (Å²) in [6.07, 6.45) is -0.728. The zero-order valence-electron chi connectivity index (χ0n) is 18.6. The number of alkyl halides is 3. The van der Waals surface area contributed by atoms with E-state index < -0.39 is 11.7 Å². The molecule has 0 bridgehead atoms. The van der Waals surface area contributed by atoms with Crippen LogP contribution in [0.5, 0.6) is 0 Å².